The van der Waals surface area contributed by atoms with E-state index in [0.29, 0.717) is 16.3 Å². The normalized spacial score (nSPS) is 12.1. The van der Waals surface area contributed by atoms with Crippen LogP contribution in [0.1, 0.15) is 18.0 Å². The van der Waals surface area contributed by atoms with Gasteiger partial charge in [0.1, 0.15) is 0 Å². The number of hydrogen-bond acceptors (Lipinski definition) is 3. The molecule has 0 radical (unpaired) electrons. The monoisotopic (exact) mass is 195 g/mol. The van der Waals surface area contributed by atoms with Gasteiger partial charge in [0.25, 0.3) is 0 Å². The Kier molecular flexibility index (Phi) is 3.13. The van der Waals surface area contributed by atoms with E-state index in [-0.39, 0.29) is 6.42 Å². The number of rotatable bonds is 2. The zero-order chi connectivity index (χ0) is 9.84. The first kappa shape index (κ1) is 9.85. The van der Waals surface area contributed by atoms with E-state index < -0.39 is 6.04 Å². The molecule has 13 heavy (non-hydrogen) atoms. The molecule has 0 fully saturated rings. The average molecular weight is 196 g/mol. The van der Waals surface area contributed by atoms with E-state index in [1.54, 1.807) is 18.2 Å². The van der Waals surface area contributed by atoms with Crippen molar-refractivity contribution in [1.29, 1.82) is 5.26 Å². The summed E-state index contributed by atoms with van der Waals surface area (Å²) in [6.45, 7) is 0. The quantitative estimate of drug-likeness (QED) is 0.707. The minimum absolute atomic E-state index is 0.216. The number of nitrogen functional groups attached to an aromatic ring is 1. The minimum Gasteiger partial charge on any atom is -0.398 e. The molecule has 0 heterocycles. The van der Waals surface area contributed by atoms with Crippen LogP contribution in [0.3, 0.4) is 0 Å². The molecule has 0 aliphatic rings. The summed E-state index contributed by atoms with van der Waals surface area (Å²) >= 11 is 5.89. The van der Waals surface area contributed by atoms with E-state index in [1.807, 2.05) is 6.07 Å². The molecule has 1 rings (SSSR count). The lowest BCUT2D eigenvalue weighted by Gasteiger charge is -2.12. The summed E-state index contributed by atoms with van der Waals surface area (Å²) in [7, 11) is 0. The summed E-state index contributed by atoms with van der Waals surface area (Å²) < 4.78 is 0. The second kappa shape index (κ2) is 4.13. The van der Waals surface area contributed by atoms with Gasteiger partial charge in [0.15, 0.2) is 0 Å². The van der Waals surface area contributed by atoms with Gasteiger partial charge in [-0.15, -0.1) is 0 Å². The Morgan fingerprint density at radius 3 is 2.77 bits per heavy atom. The lowest BCUT2D eigenvalue weighted by molar-refractivity contribution is 0.751. The van der Waals surface area contributed by atoms with E-state index in [1.165, 1.54) is 0 Å². The van der Waals surface area contributed by atoms with Gasteiger partial charge in [-0.1, -0.05) is 17.7 Å². The van der Waals surface area contributed by atoms with Crippen LogP contribution in [-0.4, -0.2) is 0 Å². The molecule has 0 bridgehead atoms. The fourth-order valence-electron chi connectivity index (χ4n) is 1.15. The van der Waals surface area contributed by atoms with Gasteiger partial charge in [0.2, 0.25) is 0 Å². The number of nitrogens with zero attached hydrogens (tertiary/aromatic N) is 1. The van der Waals surface area contributed by atoms with Gasteiger partial charge in [-0.3, -0.25) is 0 Å². The Labute approximate surface area is 81.9 Å². The molecule has 4 heteroatoms. The second-order valence-corrected chi connectivity index (χ2v) is 3.12. The summed E-state index contributed by atoms with van der Waals surface area (Å²) in [5, 5.41) is 8.98. The first-order chi connectivity index (χ1) is 6.16. The molecule has 4 N–H and O–H groups in total. The fourth-order valence-corrected chi connectivity index (χ4v) is 1.47. The highest BCUT2D eigenvalue weighted by Crippen LogP contribution is 2.28. The molecule has 3 nitrogen and oxygen atoms in total. The van der Waals surface area contributed by atoms with Crippen molar-refractivity contribution in [2.75, 3.05) is 5.73 Å². The number of halogens is 1. The third kappa shape index (κ3) is 2.11. The lowest BCUT2D eigenvalue weighted by Crippen LogP contribution is -2.12. The minimum atomic E-state index is -0.404. The van der Waals surface area contributed by atoms with Crippen molar-refractivity contribution in [3.8, 4) is 6.07 Å². The Morgan fingerprint density at radius 1 is 1.54 bits per heavy atom. The van der Waals surface area contributed by atoms with Crippen LogP contribution in [0.2, 0.25) is 5.02 Å². The van der Waals surface area contributed by atoms with Crippen molar-refractivity contribution >= 4 is 17.3 Å². The molecule has 0 aliphatic carbocycles. The largest absolute Gasteiger partial charge is 0.398 e. The van der Waals surface area contributed by atoms with E-state index >= 15 is 0 Å². The number of anilines is 1. The fraction of sp³-hybridized carbons (Fsp3) is 0.222. The average Bonchev–Trinajstić information content (AvgIpc) is 2.04. The molecule has 1 atom stereocenters. The summed E-state index contributed by atoms with van der Waals surface area (Å²) in [6, 6.07) is 6.76. The van der Waals surface area contributed by atoms with Crippen molar-refractivity contribution in [1.82, 2.24) is 0 Å². The third-order valence-electron chi connectivity index (χ3n) is 1.77. The molecule has 0 aromatic heterocycles. The third-order valence-corrected chi connectivity index (χ3v) is 2.10. The van der Waals surface area contributed by atoms with Gasteiger partial charge in [-0.05, 0) is 12.1 Å². The zero-order valence-corrected chi connectivity index (χ0v) is 7.75. The smallest absolute Gasteiger partial charge is 0.0641 e. The number of nitriles is 1. The summed E-state index contributed by atoms with van der Waals surface area (Å²) in [6.07, 6.45) is 0.216. The van der Waals surface area contributed by atoms with Gasteiger partial charge in [0, 0.05) is 22.3 Å². The Morgan fingerprint density at radius 2 is 2.23 bits per heavy atom. The summed E-state index contributed by atoms with van der Waals surface area (Å²) in [4.78, 5) is 0. The predicted molar refractivity (Wildman–Crippen MR) is 53.0 cm³/mol. The Balaban J connectivity index is 3.06. The van der Waals surface area contributed by atoms with E-state index in [0.717, 1.165) is 0 Å². The highest BCUT2D eigenvalue weighted by molar-refractivity contribution is 6.31. The van der Waals surface area contributed by atoms with Crippen LogP contribution < -0.4 is 11.5 Å². The summed E-state index contributed by atoms with van der Waals surface area (Å²) in [5.41, 5.74) is 12.6. The van der Waals surface area contributed by atoms with Gasteiger partial charge in [0.05, 0.1) is 12.5 Å². The standard InChI is InChI=1S/C9H10ClN3/c10-6-2-1-3-7(12)9(6)8(13)4-5-11/h1-3,8H,4,12-13H2/t8-/m1/s1. The maximum atomic E-state index is 8.47. The van der Waals surface area contributed by atoms with E-state index in [2.05, 4.69) is 0 Å². The Bertz CT molecular complexity index is 323. The molecular weight excluding hydrogens is 186 g/mol. The van der Waals surface area contributed by atoms with Crippen LogP contribution in [0, 0.1) is 11.3 Å². The molecule has 0 amide bonds. The molecule has 0 saturated carbocycles. The SMILES string of the molecule is N#CC[C@@H](N)c1c(N)cccc1Cl. The van der Waals surface area contributed by atoms with Crippen LogP contribution in [0.25, 0.3) is 0 Å². The second-order valence-electron chi connectivity index (χ2n) is 2.71. The molecule has 0 spiro atoms. The molecule has 0 saturated heterocycles. The number of nitrogens with two attached hydrogens (primary N) is 2. The highest BCUT2D eigenvalue weighted by Gasteiger charge is 2.12. The van der Waals surface area contributed by atoms with E-state index in [4.69, 9.17) is 28.3 Å². The predicted octanol–water partition coefficient (Wildman–Crippen LogP) is 1.84. The van der Waals surface area contributed by atoms with Crippen LogP contribution in [0.15, 0.2) is 18.2 Å². The van der Waals surface area contributed by atoms with Gasteiger partial charge in [-0.25, -0.2) is 0 Å². The molecular formula is C9H10ClN3. The first-order valence-corrected chi connectivity index (χ1v) is 4.21. The zero-order valence-electron chi connectivity index (χ0n) is 7.00. The topological polar surface area (TPSA) is 75.8 Å². The summed E-state index contributed by atoms with van der Waals surface area (Å²) in [5.74, 6) is 0. The maximum absolute atomic E-state index is 8.47. The van der Waals surface area contributed by atoms with Crippen molar-refractivity contribution in [2.45, 2.75) is 12.5 Å². The molecule has 0 aliphatic heterocycles. The maximum Gasteiger partial charge on any atom is 0.0641 e. The lowest BCUT2D eigenvalue weighted by atomic mass is 10.0. The van der Waals surface area contributed by atoms with Gasteiger partial charge in [-0.2, -0.15) is 5.26 Å². The first-order valence-electron chi connectivity index (χ1n) is 3.83. The van der Waals surface area contributed by atoms with Crippen LogP contribution >= 0.6 is 11.6 Å². The van der Waals surface area contributed by atoms with Crippen LogP contribution in [0.4, 0.5) is 5.69 Å². The van der Waals surface area contributed by atoms with Crippen molar-refractivity contribution in [2.24, 2.45) is 5.73 Å². The van der Waals surface area contributed by atoms with Crippen molar-refractivity contribution in [3.63, 3.8) is 0 Å². The van der Waals surface area contributed by atoms with Crippen molar-refractivity contribution in [3.05, 3.63) is 28.8 Å². The van der Waals surface area contributed by atoms with Gasteiger partial charge >= 0.3 is 0 Å². The number of benzene rings is 1. The molecule has 68 valence electrons. The van der Waals surface area contributed by atoms with E-state index in [9.17, 15) is 0 Å². The molecule has 1 aromatic rings. The van der Waals surface area contributed by atoms with Crippen LogP contribution in [-0.2, 0) is 0 Å². The van der Waals surface area contributed by atoms with Crippen molar-refractivity contribution < 1.29 is 0 Å². The highest BCUT2D eigenvalue weighted by atomic mass is 35.5. The molecule has 1 aromatic carbocycles. The van der Waals surface area contributed by atoms with Crippen LogP contribution in [0.5, 0.6) is 0 Å². The number of hydrogen-bond donors (Lipinski definition) is 2. The molecule has 0 unspecified atom stereocenters. The Hall–Kier alpha value is -1.24. The van der Waals surface area contributed by atoms with Gasteiger partial charge < -0.3 is 11.5 Å².